The van der Waals surface area contributed by atoms with Gasteiger partial charge in [-0.3, -0.25) is 0 Å². The standard InChI is InChI=1S/C21H19N3O2S3/c1-25-15-7-3-6-14(18(15)26-2)19-24-12(9-27-19)10-28-20-17-13-5-4-8-16(13)29-21(17)23-11-22-20/h3,6-7,9,11H,4-5,8,10H2,1-2H3. The van der Waals surface area contributed by atoms with Crippen LogP contribution in [0.2, 0.25) is 0 Å². The number of fused-ring (bicyclic) bond motifs is 3. The van der Waals surface area contributed by atoms with Crippen LogP contribution in [0.15, 0.2) is 34.9 Å². The van der Waals surface area contributed by atoms with Crippen molar-refractivity contribution in [2.45, 2.75) is 30.0 Å². The van der Waals surface area contributed by atoms with Crippen molar-refractivity contribution in [3.8, 4) is 22.1 Å². The molecule has 0 unspecified atom stereocenters. The molecular formula is C21H19N3O2S3. The summed E-state index contributed by atoms with van der Waals surface area (Å²) >= 11 is 5.19. The van der Waals surface area contributed by atoms with Gasteiger partial charge in [-0.1, -0.05) is 17.8 Å². The third kappa shape index (κ3) is 3.39. The van der Waals surface area contributed by atoms with Gasteiger partial charge < -0.3 is 9.47 Å². The van der Waals surface area contributed by atoms with Gasteiger partial charge >= 0.3 is 0 Å². The minimum absolute atomic E-state index is 0.714. The van der Waals surface area contributed by atoms with E-state index in [2.05, 4.69) is 15.3 Å². The van der Waals surface area contributed by atoms with Crippen LogP contribution in [0.4, 0.5) is 0 Å². The molecule has 8 heteroatoms. The number of aromatic nitrogens is 3. The number of thiazole rings is 1. The van der Waals surface area contributed by atoms with Crippen LogP contribution >= 0.6 is 34.4 Å². The lowest BCUT2D eigenvalue weighted by molar-refractivity contribution is 0.356. The van der Waals surface area contributed by atoms with Gasteiger partial charge in [0.15, 0.2) is 11.5 Å². The fourth-order valence-corrected chi connectivity index (χ4v) is 6.86. The lowest BCUT2D eigenvalue weighted by atomic mass is 10.2. The second kappa shape index (κ2) is 7.93. The summed E-state index contributed by atoms with van der Waals surface area (Å²) in [6, 6.07) is 5.87. The first kappa shape index (κ1) is 18.8. The van der Waals surface area contributed by atoms with Crippen molar-refractivity contribution >= 4 is 44.7 Å². The van der Waals surface area contributed by atoms with Crippen LogP contribution in [0.25, 0.3) is 20.8 Å². The van der Waals surface area contributed by atoms with Crippen molar-refractivity contribution < 1.29 is 9.47 Å². The van der Waals surface area contributed by atoms with Gasteiger partial charge in [-0.15, -0.1) is 22.7 Å². The third-order valence-electron chi connectivity index (χ3n) is 5.01. The summed E-state index contributed by atoms with van der Waals surface area (Å²) in [6.45, 7) is 0. The van der Waals surface area contributed by atoms with E-state index < -0.39 is 0 Å². The molecule has 0 saturated carbocycles. The maximum atomic E-state index is 5.56. The maximum absolute atomic E-state index is 5.56. The van der Waals surface area contributed by atoms with E-state index in [4.69, 9.17) is 14.5 Å². The normalized spacial score (nSPS) is 13.0. The fourth-order valence-electron chi connectivity index (χ4n) is 3.70. The fraction of sp³-hybridized carbons (Fsp3) is 0.286. The number of hydrogen-bond donors (Lipinski definition) is 0. The average Bonchev–Trinajstić information content (AvgIpc) is 3.47. The second-order valence-electron chi connectivity index (χ2n) is 6.69. The molecule has 4 aromatic rings. The molecule has 1 aliphatic carbocycles. The Labute approximate surface area is 181 Å². The Bertz CT molecular complexity index is 1190. The highest BCUT2D eigenvalue weighted by Gasteiger charge is 2.21. The molecule has 1 aliphatic rings. The number of thiophene rings is 1. The van der Waals surface area contributed by atoms with Crippen molar-refractivity contribution in [3.63, 3.8) is 0 Å². The summed E-state index contributed by atoms with van der Waals surface area (Å²) in [5.41, 5.74) is 3.46. The van der Waals surface area contributed by atoms with Crippen LogP contribution in [-0.2, 0) is 18.6 Å². The molecule has 3 aromatic heterocycles. The lowest BCUT2D eigenvalue weighted by Crippen LogP contribution is -1.93. The van der Waals surface area contributed by atoms with Crippen LogP contribution in [-0.4, -0.2) is 29.2 Å². The van der Waals surface area contributed by atoms with Crippen molar-refractivity contribution in [1.82, 2.24) is 15.0 Å². The van der Waals surface area contributed by atoms with E-state index in [-0.39, 0.29) is 0 Å². The second-order valence-corrected chi connectivity index (χ2v) is 9.60. The molecule has 5 rings (SSSR count). The molecule has 0 spiro atoms. The van der Waals surface area contributed by atoms with Crippen LogP contribution in [0.5, 0.6) is 11.5 Å². The van der Waals surface area contributed by atoms with Gasteiger partial charge in [0.2, 0.25) is 0 Å². The lowest BCUT2D eigenvalue weighted by Gasteiger charge is -2.10. The number of nitrogens with zero attached hydrogens (tertiary/aromatic N) is 3. The van der Waals surface area contributed by atoms with E-state index >= 15 is 0 Å². The monoisotopic (exact) mass is 441 g/mol. The highest BCUT2D eigenvalue weighted by Crippen LogP contribution is 2.42. The summed E-state index contributed by atoms with van der Waals surface area (Å²) in [7, 11) is 3.31. The summed E-state index contributed by atoms with van der Waals surface area (Å²) in [5, 5.41) is 5.38. The summed E-state index contributed by atoms with van der Waals surface area (Å²) in [4.78, 5) is 16.5. The molecule has 0 N–H and O–H groups in total. The number of aryl methyl sites for hydroxylation is 2. The number of benzene rings is 1. The van der Waals surface area contributed by atoms with Crippen molar-refractivity contribution in [2.24, 2.45) is 0 Å². The number of ether oxygens (including phenoxy) is 2. The molecule has 0 fully saturated rings. The summed E-state index contributed by atoms with van der Waals surface area (Å²) < 4.78 is 11.0. The molecule has 0 atom stereocenters. The smallest absolute Gasteiger partial charge is 0.170 e. The maximum Gasteiger partial charge on any atom is 0.170 e. The van der Waals surface area contributed by atoms with Gasteiger partial charge in [-0.25, -0.2) is 15.0 Å². The highest BCUT2D eigenvalue weighted by molar-refractivity contribution is 7.98. The average molecular weight is 442 g/mol. The van der Waals surface area contributed by atoms with Crippen molar-refractivity contribution in [3.05, 3.63) is 46.0 Å². The van der Waals surface area contributed by atoms with Gasteiger partial charge in [-0.05, 0) is 37.0 Å². The minimum Gasteiger partial charge on any atom is -0.493 e. The van der Waals surface area contributed by atoms with Crippen LogP contribution in [0.3, 0.4) is 0 Å². The molecule has 0 bridgehead atoms. The molecule has 1 aromatic carbocycles. The Hall–Kier alpha value is -2.16. The van der Waals surface area contributed by atoms with Crippen molar-refractivity contribution in [1.29, 1.82) is 0 Å². The van der Waals surface area contributed by atoms with Gasteiger partial charge in [0.05, 0.1) is 25.5 Å². The molecule has 0 aliphatic heterocycles. The van der Waals surface area contributed by atoms with Gasteiger partial charge in [-0.2, -0.15) is 0 Å². The number of rotatable bonds is 6. The summed E-state index contributed by atoms with van der Waals surface area (Å²) in [6.07, 6.45) is 5.25. The van der Waals surface area contributed by atoms with E-state index in [0.717, 1.165) is 44.0 Å². The summed E-state index contributed by atoms with van der Waals surface area (Å²) in [5.74, 6) is 2.21. The molecule has 148 valence electrons. The van der Waals surface area contributed by atoms with E-state index in [9.17, 15) is 0 Å². The van der Waals surface area contributed by atoms with E-state index in [0.29, 0.717) is 5.75 Å². The molecule has 0 amide bonds. The number of hydrogen-bond acceptors (Lipinski definition) is 8. The van der Waals surface area contributed by atoms with Crippen molar-refractivity contribution in [2.75, 3.05) is 14.2 Å². The molecule has 5 nitrogen and oxygen atoms in total. The Morgan fingerprint density at radius 1 is 1.14 bits per heavy atom. The minimum atomic E-state index is 0.714. The van der Waals surface area contributed by atoms with Gasteiger partial charge in [0, 0.05) is 21.4 Å². The first-order valence-electron chi connectivity index (χ1n) is 9.32. The SMILES string of the molecule is COc1cccc(-c2nc(CSc3ncnc4sc5c(c34)CCC5)cs2)c1OC. The first-order valence-corrected chi connectivity index (χ1v) is 12.0. The highest BCUT2D eigenvalue weighted by atomic mass is 32.2. The Balaban J connectivity index is 1.40. The molecule has 0 radical (unpaired) electrons. The number of para-hydroxylation sites is 1. The Kier molecular flexibility index (Phi) is 5.15. The first-order chi connectivity index (χ1) is 14.3. The van der Waals surface area contributed by atoms with Crippen LogP contribution < -0.4 is 9.47 Å². The zero-order valence-corrected chi connectivity index (χ0v) is 18.5. The zero-order valence-electron chi connectivity index (χ0n) is 16.1. The number of methoxy groups -OCH3 is 2. The molecular weight excluding hydrogens is 422 g/mol. The topological polar surface area (TPSA) is 57.1 Å². The Morgan fingerprint density at radius 2 is 2.07 bits per heavy atom. The number of thioether (sulfide) groups is 1. The Morgan fingerprint density at radius 3 is 2.93 bits per heavy atom. The van der Waals surface area contributed by atoms with Crippen LogP contribution in [0.1, 0.15) is 22.6 Å². The van der Waals surface area contributed by atoms with E-state index in [1.54, 1.807) is 43.6 Å². The molecule has 0 saturated heterocycles. The quantitative estimate of drug-likeness (QED) is 0.286. The largest absolute Gasteiger partial charge is 0.493 e. The van der Waals surface area contributed by atoms with Crippen LogP contribution in [0, 0.1) is 0 Å². The van der Waals surface area contributed by atoms with E-state index in [1.807, 2.05) is 29.5 Å². The predicted molar refractivity (Wildman–Crippen MR) is 120 cm³/mol. The predicted octanol–water partition coefficient (Wildman–Crippen LogP) is 5.61. The van der Waals surface area contributed by atoms with Gasteiger partial charge in [0.25, 0.3) is 0 Å². The molecule has 29 heavy (non-hydrogen) atoms. The third-order valence-corrected chi connectivity index (χ3v) is 8.16. The zero-order chi connectivity index (χ0) is 19.8. The van der Waals surface area contributed by atoms with E-state index in [1.165, 1.54) is 28.7 Å². The van der Waals surface area contributed by atoms with Gasteiger partial charge in [0.1, 0.15) is 21.2 Å². The molecule has 3 heterocycles.